The number of rotatable bonds is 6. The molecule has 0 fully saturated rings. The normalized spacial score (nSPS) is 10.6. The first kappa shape index (κ1) is 17.8. The lowest BCUT2D eigenvalue weighted by atomic mass is 10.1. The molecule has 1 amide bonds. The lowest BCUT2D eigenvalue weighted by Gasteiger charge is -2.23. The number of hydrogen-bond acceptors (Lipinski definition) is 3. The molecule has 26 heavy (non-hydrogen) atoms. The topological polar surface area (TPSA) is 38.8 Å². The number of hydrogen-bond donors (Lipinski definition) is 0. The quantitative estimate of drug-likeness (QED) is 0.634. The lowest BCUT2D eigenvalue weighted by molar-refractivity contribution is 0.0988. The monoisotopic (exact) mass is 349 g/mol. The van der Waals surface area contributed by atoms with Crippen LogP contribution in [0.2, 0.25) is 0 Å². The summed E-state index contributed by atoms with van der Waals surface area (Å²) in [5, 5.41) is 2.17. The Bertz CT molecular complexity index is 915. The van der Waals surface area contributed by atoms with Crippen LogP contribution >= 0.6 is 0 Å². The van der Waals surface area contributed by atoms with Gasteiger partial charge in [0.05, 0.1) is 19.4 Å². The highest BCUT2D eigenvalue weighted by Gasteiger charge is 2.19. The summed E-state index contributed by atoms with van der Waals surface area (Å²) in [5.74, 6) is 1.14. The molecular weight excluding hydrogens is 326 g/mol. The third kappa shape index (κ3) is 3.36. The highest BCUT2D eigenvalue weighted by atomic mass is 16.5. The second-order valence-electron chi connectivity index (χ2n) is 5.85. The molecule has 0 aromatic heterocycles. The predicted octanol–water partition coefficient (Wildman–Crippen LogP) is 4.91. The van der Waals surface area contributed by atoms with Gasteiger partial charge in [0.1, 0.15) is 0 Å². The fourth-order valence-corrected chi connectivity index (χ4v) is 3.10. The van der Waals surface area contributed by atoms with Crippen LogP contribution in [0.25, 0.3) is 10.8 Å². The van der Waals surface area contributed by atoms with E-state index >= 15 is 0 Å². The minimum atomic E-state index is -0.0646. The van der Waals surface area contributed by atoms with Crippen molar-refractivity contribution < 1.29 is 14.3 Å². The third-order valence-corrected chi connectivity index (χ3v) is 4.33. The van der Waals surface area contributed by atoms with E-state index in [2.05, 4.69) is 12.1 Å². The van der Waals surface area contributed by atoms with Gasteiger partial charge in [0, 0.05) is 17.5 Å². The van der Waals surface area contributed by atoms with Crippen LogP contribution in [0.15, 0.2) is 60.7 Å². The molecule has 0 radical (unpaired) electrons. The van der Waals surface area contributed by atoms with Crippen molar-refractivity contribution in [3.63, 3.8) is 0 Å². The standard InChI is InChI=1S/C22H23NO3/c1-4-23(19-12-8-10-16-9-6-7-11-18(16)19)22(24)17-13-14-20(26-5-2)21(15-17)25-3/h6-15H,4-5H2,1-3H3. The lowest BCUT2D eigenvalue weighted by Crippen LogP contribution is -2.30. The number of anilines is 1. The molecule has 0 bridgehead atoms. The van der Waals surface area contributed by atoms with E-state index in [4.69, 9.17) is 9.47 Å². The molecule has 0 aliphatic carbocycles. The molecule has 0 atom stereocenters. The molecular formula is C22H23NO3. The van der Waals surface area contributed by atoms with Crippen molar-refractivity contribution in [1.82, 2.24) is 0 Å². The highest BCUT2D eigenvalue weighted by Crippen LogP contribution is 2.31. The molecule has 4 heteroatoms. The maximum absolute atomic E-state index is 13.2. The Morgan fingerprint density at radius 3 is 2.46 bits per heavy atom. The Labute approximate surface area is 154 Å². The molecule has 0 aliphatic heterocycles. The number of amides is 1. The summed E-state index contributed by atoms with van der Waals surface area (Å²) in [5.41, 5.74) is 1.48. The molecule has 0 saturated heterocycles. The summed E-state index contributed by atoms with van der Waals surface area (Å²) in [6.45, 7) is 5.01. The summed E-state index contributed by atoms with van der Waals surface area (Å²) >= 11 is 0. The maximum Gasteiger partial charge on any atom is 0.258 e. The van der Waals surface area contributed by atoms with Crippen molar-refractivity contribution >= 4 is 22.4 Å². The van der Waals surface area contributed by atoms with Crippen molar-refractivity contribution in [2.45, 2.75) is 13.8 Å². The van der Waals surface area contributed by atoms with E-state index < -0.39 is 0 Å². The minimum Gasteiger partial charge on any atom is -0.493 e. The van der Waals surface area contributed by atoms with Gasteiger partial charge in [-0.3, -0.25) is 4.79 Å². The summed E-state index contributed by atoms with van der Waals surface area (Å²) in [7, 11) is 1.58. The molecule has 0 unspecified atom stereocenters. The molecule has 134 valence electrons. The average molecular weight is 349 g/mol. The molecule has 0 N–H and O–H groups in total. The number of ether oxygens (including phenoxy) is 2. The Hall–Kier alpha value is -3.01. The first-order valence-electron chi connectivity index (χ1n) is 8.80. The van der Waals surface area contributed by atoms with Gasteiger partial charge in [0.2, 0.25) is 0 Å². The van der Waals surface area contributed by atoms with Crippen LogP contribution < -0.4 is 14.4 Å². The van der Waals surface area contributed by atoms with Crippen LogP contribution in [0.4, 0.5) is 5.69 Å². The Morgan fingerprint density at radius 1 is 0.962 bits per heavy atom. The molecule has 3 aromatic carbocycles. The second-order valence-corrected chi connectivity index (χ2v) is 5.85. The van der Waals surface area contributed by atoms with Gasteiger partial charge in [-0.05, 0) is 43.5 Å². The van der Waals surface area contributed by atoms with Crippen LogP contribution in [0, 0.1) is 0 Å². The van der Waals surface area contributed by atoms with Gasteiger partial charge < -0.3 is 14.4 Å². The number of benzene rings is 3. The van der Waals surface area contributed by atoms with E-state index in [9.17, 15) is 4.79 Å². The van der Waals surface area contributed by atoms with Crippen molar-refractivity contribution in [3.8, 4) is 11.5 Å². The number of carbonyl (C=O) groups excluding carboxylic acids is 1. The Kier molecular flexibility index (Phi) is 5.42. The van der Waals surface area contributed by atoms with Gasteiger partial charge in [0.15, 0.2) is 11.5 Å². The number of carbonyl (C=O) groups is 1. The van der Waals surface area contributed by atoms with E-state index in [0.717, 1.165) is 16.5 Å². The van der Waals surface area contributed by atoms with Gasteiger partial charge in [-0.1, -0.05) is 36.4 Å². The zero-order chi connectivity index (χ0) is 18.5. The van der Waals surface area contributed by atoms with Crippen LogP contribution in [-0.2, 0) is 0 Å². The van der Waals surface area contributed by atoms with Crippen LogP contribution in [0.3, 0.4) is 0 Å². The minimum absolute atomic E-state index is 0.0646. The zero-order valence-electron chi connectivity index (χ0n) is 15.4. The zero-order valence-corrected chi connectivity index (χ0v) is 15.4. The summed E-state index contributed by atoms with van der Waals surface area (Å²) in [6.07, 6.45) is 0. The number of nitrogens with zero attached hydrogens (tertiary/aromatic N) is 1. The van der Waals surface area contributed by atoms with Gasteiger partial charge in [-0.15, -0.1) is 0 Å². The third-order valence-electron chi connectivity index (χ3n) is 4.33. The van der Waals surface area contributed by atoms with Gasteiger partial charge >= 0.3 is 0 Å². The summed E-state index contributed by atoms with van der Waals surface area (Å²) < 4.78 is 10.9. The van der Waals surface area contributed by atoms with Gasteiger partial charge in [0.25, 0.3) is 5.91 Å². The van der Waals surface area contributed by atoms with Crippen molar-refractivity contribution in [3.05, 3.63) is 66.2 Å². The van der Waals surface area contributed by atoms with Crippen LogP contribution in [0.5, 0.6) is 11.5 Å². The van der Waals surface area contributed by atoms with Gasteiger partial charge in [-0.2, -0.15) is 0 Å². The largest absolute Gasteiger partial charge is 0.493 e. The van der Waals surface area contributed by atoms with E-state index in [1.165, 1.54) is 0 Å². The number of fused-ring (bicyclic) bond motifs is 1. The SMILES string of the molecule is CCOc1ccc(C(=O)N(CC)c2cccc3ccccc23)cc1OC. The second kappa shape index (κ2) is 7.91. The van der Waals surface area contributed by atoms with Crippen LogP contribution in [-0.4, -0.2) is 26.2 Å². The van der Waals surface area contributed by atoms with Gasteiger partial charge in [-0.25, -0.2) is 0 Å². The van der Waals surface area contributed by atoms with Crippen molar-refractivity contribution in [2.24, 2.45) is 0 Å². The molecule has 0 spiro atoms. The average Bonchev–Trinajstić information content (AvgIpc) is 2.69. The smallest absolute Gasteiger partial charge is 0.258 e. The van der Waals surface area contributed by atoms with Crippen molar-refractivity contribution in [1.29, 1.82) is 0 Å². The van der Waals surface area contributed by atoms with E-state index in [-0.39, 0.29) is 5.91 Å². The van der Waals surface area contributed by atoms with E-state index in [1.54, 1.807) is 30.2 Å². The molecule has 0 saturated carbocycles. The molecule has 4 nitrogen and oxygen atoms in total. The van der Waals surface area contributed by atoms with Crippen molar-refractivity contribution in [2.75, 3.05) is 25.2 Å². The Balaban J connectivity index is 2.01. The number of methoxy groups -OCH3 is 1. The molecule has 0 heterocycles. The first-order valence-corrected chi connectivity index (χ1v) is 8.80. The van der Waals surface area contributed by atoms with E-state index in [1.807, 2.05) is 44.2 Å². The maximum atomic E-state index is 13.2. The fraction of sp³-hybridized carbons (Fsp3) is 0.227. The highest BCUT2D eigenvalue weighted by molar-refractivity contribution is 6.11. The first-order chi connectivity index (χ1) is 12.7. The summed E-state index contributed by atoms with van der Waals surface area (Å²) in [4.78, 5) is 15.0. The Morgan fingerprint density at radius 2 is 1.73 bits per heavy atom. The summed E-state index contributed by atoms with van der Waals surface area (Å²) in [6, 6.07) is 19.4. The molecule has 3 aromatic rings. The van der Waals surface area contributed by atoms with E-state index in [0.29, 0.717) is 30.2 Å². The van der Waals surface area contributed by atoms with Crippen LogP contribution in [0.1, 0.15) is 24.2 Å². The fourth-order valence-electron chi connectivity index (χ4n) is 3.10. The molecule has 0 aliphatic rings. The molecule has 3 rings (SSSR count). The predicted molar refractivity (Wildman–Crippen MR) is 105 cm³/mol.